The molecular formula is C25H34N4O4S. The monoisotopic (exact) mass is 486 g/mol. The fraction of sp³-hybridized carbons (Fsp3) is 0.480. The first-order chi connectivity index (χ1) is 16.2. The van der Waals surface area contributed by atoms with Gasteiger partial charge >= 0.3 is 0 Å². The molecule has 8 nitrogen and oxygen atoms in total. The van der Waals surface area contributed by atoms with E-state index >= 15 is 0 Å². The molecule has 9 heteroatoms. The van der Waals surface area contributed by atoms with Crippen LogP contribution in [0.1, 0.15) is 29.4 Å². The maximum atomic E-state index is 13.1. The number of hydrogen-bond donors (Lipinski definition) is 0. The highest BCUT2D eigenvalue weighted by molar-refractivity contribution is 7.89. The van der Waals surface area contributed by atoms with Gasteiger partial charge < -0.3 is 14.0 Å². The summed E-state index contributed by atoms with van der Waals surface area (Å²) >= 11 is 0. The highest BCUT2D eigenvalue weighted by Gasteiger charge is 2.27. The fourth-order valence-corrected chi connectivity index (χ4v) is 6.22. The molecule has 0 unspecified atom stereocenters. The zero-order valence-corrected chi connectivity index (χ0v) is 21.5. The van der Waals surface area contributed by atoms with E-state index in [1.807, 2.05) is 6.07 Å². The molecule has 1 aliphatic rings. The first-order valence-corrected chi connectivity index (χ1v) is 13.1. The normalized spacial score (nSPS) is 15.4. The molecule has 0 saturated carbocycles. The van der Waals surface area contributed by atoms with Crippen molar-refractivity contribution in [3.05, 3.63) is 52.8 Å². The second-order valence-electron chi connectivity index (χ2n) is 8.87. The molecule has 1 aliphatic heterocycles. The van der Waals surface area contributed by atoms with Crippen LogP contribution in [0.2, 0.25) is 0 Å². The third-order valence-corrected chi connectivity index (χ3v) is 8.21. The molecule has 34 heavy (non-hydrogen) atoms. The molecular weight excluding hydrogens is 452 g/mol. The van der Waals surface area contributed by atoms with Crippen LogP contribution < -0.4 is 4.74 Å². The summed E-state index contributed by atoms with van der Waals surface area (Å²) in [4.78, 5) is 7.35. The van der Waals surface area contributed by atoms with Crippen molar-refractivity contribution in [2.24, 2.45) is 0 Å². The number of nitrogens with zero attached hydrogens (tertiary/aromatic N) is 4. The smallest absolute Gasteiger partial charge is 0.243 e. The Morgan fingerprint density at radius 1 is 1.09 bits per heavy atom. The summed E-state index contributed by atoms with van der Waals surface area (Å²) < 4.78 is 40.6. The van der Waals surface area contributed by atoms with Gasteiger partial charge in [0.2, 0.25) is 10.0 Å². The van der Waals surface area contributed by atoms with Gasteiger partial charge in [0, 0.05) is 26.2 Å². The van der Waals surface area contributed by atoms with E-state index in [1.54, 1.807) is 19.2 Å². The number of rotatable bonds is 8. The minimum Gasteiger partial charge on any atom is -0.496 e. The molecule has 1 aromatic heterocycles. The van der Waals surface area contributed by atoms with Crippen molar-refractivity contribution in [3.8, 4) is 5.75 Å². The van der Waals surface area contributed by atoms with Gasteiger partial charge in [-0.2, -0.15) is 4.31 Å². The lowest BCUT2D eigenvalue weighted by molar-refractivity contribution is 0.0730. The quantitative estimate of drug-likeness (QED) is 0.486. The zero-order chi connectivity index (χ0) is 24.5. The summed E-state index contributed by atoms with van der Waals surface area (Å²) in [5.74, 6) is 1.85. The fourth-order valence-electron chi connectivity index (χ4n) is 4.79. The molecule has 3 aromatic rings. The molecule has 0 radical (unpaired) electrons. The van der Waals surface area contributed by atoms with Gasteiger partial charge in [0.15, 0.2) is 0 Å². The van der Waals surface area contributed by atoms with Crippen molar-refractivity contribution in [2.75, 3.05) is 40.5 Å². The molecule has 0 spiro atoms. The predicted molar refractivity (Wildman–Crippen MR) is 133 cm³/mol. The first-order valence-electron chi connectivity index (χ1n) is 11.6. The van der Waals surface area contributed by atoms with E-state index in [-0.39, 0.29) is 4.90 Å². The number of aryl methyl sites for hydroxylation is 3. The number of morpholine rings is 1. The number of benzene rings is 2. The van der Waals surface area contributed by atoms with Crippen LogP contribution in [0.15, 0.2) is 35.2 Å². The summed E-state index contributed by atoms with van der Waals surface area (Å²) in [6.07, 6.45) is 0. The van der Waals surface area contributed by atoms with Crippen LogP contribution in [0.25, 0.3) is 11.0 Å². The lowest BCUT2D eigenvalue weighted by Crippen LogP contribution is -2.40. The van der Waals surface area contributed by atoms with Crippen molar-refractivity contribution in [1.82, 2.24) is 18.8 Å². The summed E-state index contributed by atoms with van der Waals surface area (Å²) in [6.45, 7) is 10.0. The zero-order valence-electron chi connectivity index (χ0n) is 20.7. The third-order valence-electron chi connectivity index (χ3n) is 6.31. The molecule has 0 N–H and O–H groups in total. The number of imidazole rings is 1. The Labute approximate surface area is 202 Å². The van der Waals surface area contributed by atoms with Gasteiger partial charge in [-0.1, -0.05) is 12.1 Å². The van der Waals surface area contributed by atoms with E-state index in [9.17, 15) is 8.42 Å². The van der Waals surface area contributed by atoms with Crippen LogP contribution in [0, 0.1) is 13.8 Å². The number of aromatic nitrogens is 2. The standard InChI is InChI=1S/C25H34N4O4S/c1-6-29-23-8-7-21(34(30,31)28-9-11-33-12-10-28)15-22(23)26-24(29)17-27(4)16-20-13-18(2)25(32-5)19(3)14-20/h7-8,13-15H,6,9-12,16-17H2,1-5H3. The number of sulfonamides is 1. The molecule has 0 bridgehead atoms. The largest absolute Gasteiger partial charge is 0.496 e. The van der Waals surface area contributed by atoms with Gasteiger partial charge in [-0.15, -0.1) is 0 Å². The van der Waals surface area contributed by atoms with Crippen LogP contribution in [-0.2, 0) is 34.4 Å². The molecule has 2 heterocycles. The Kier molecular flexibility index (Phi) is 7.28. The van der Waals surface area contributed by atoms with Crippen LogP contribution in [0.4, 0.5) is 0 Å². The highest BCUT2D eigenvalue weighted by atomic mass is 32.2. The molecule has 0 aliphatic carbocycles. The predicted octanol–water partition coefficient (Wildman–Crippen LogP) is 3.33. The maximum absolute atomic E-state index is 13.1. The Morgan fingerprint density at radius 2 is 1.76 bits per heavy atom. The summed E-state index contributed by atoms with van der Waals surface area (Å²) in [7, 11) is 0.216. The SMILES string of the molecule is CCn1c(CN(C)Cc2cc(C)c(OC)c(C)c2)nc2cc(S(=O)(=O)N3CCOCC3)ccc21. The van der Waals surface area contributed by atoms with Gasteiger partial charge in [-0.05, 0) is 62.7 Å². The van der Waals surface area contributed by atoms with Crippen LogP contribution in [-0.4, -0.2) is 67.6 Å². The van der Waals surface area contributed by atoms with Gasteiger partial charge in [0.25, 0.3) is 0 Å². The Morgan fingerprint density at radius 3 is 2.38 bits per heavy atom. The van der Waals surface area contributed by atoms with Gasteiger partial charge in [0.1, 0.15) is 11.6 Å². The second-order valence-corrected chi connectivity index (χ2v) is 10.8. The van der Waals surface area contributed by atoms with Gasteiger partial charge in [-0.25, -0.2) is 13.4 Å². The third kappa shape index (κ3) is 4.84. The molecule has 4 rings (SSSR count). The molecule has 0 atom stereocenters. The topological polar surface area (TPSA) is 76.9 Å². The second kappa shape index (κ2) is 10.0. The van der Waals surface area contributed by atoms with Gasteiger partial charge in [-0.3, -0.25) is 4.90 Å². The molecule has 0 amide bonds. The van der Waals surface area contributed by atoms with Crippen molar-refractivity contribution < 1.29 is 17.9 Å². The summed E-state index contributed by atoms with van der Waals surface area (Å²) in [5.41, 5.74) is 5.12. The lowest BCUT2D eigenvalue weighted by atomic mass is 10.1. The van der Waals surface area contributed by atoms with Crippen molar-refractivity contribution >= 4 is 21.1 Å². The summed E-state index contributed by atoms with van der Waals surface area (Å²) in [6, 6.07) is 9.59. The van der Waals surface area contributed by atoms with E-state index in [2.05, 4.69) is 49.4 Å². The van der Waals surface area contributed by atoms with Crippen molar-refractivity contribution in [1.29, 1.82) is 0 Å². The van der Waals surface area contributed by atoms with Crippen LogP contribution in [0.5, 0.6) is 5.75 Å². The van der Waals surface area contributed by atoms with E-state index in [0.29, 0.717) is 38.4 Å². The minimum absolute atomic E-state index is 0.284. The van der Waals surface area contributed by atoms with E-state index in [1.165, 1.54) is 9.87 Å². The number of ether oxygens (including phenoxy) is 2. The number of fused-ring (bicyclic) bond motifs is 1. The summed E-state index contributed by atoms with van der Waals surface area (Å²) in [5, 5.41) is 0. The molecule has 1 fully saturated rings. The first kappa shape index (κ1) is 24.7. The van der Waals surface area contributed by atoms with E-state index in [4.69, 9.17) is 14.5 Å². The van der Waals surface area contributed by atoms with E-state index < -0.39 is 10.0 Å². The molecule has 184 valence electrons. The van der Waals surface area contributed by atoms with Crippen molar-refractivity contribution in [3.63, 3.8) is 0 Å². The molecule has 1 saturated heterocycles. The van der Waals surface area contributed by atoms with Gasteiger partial charge in [0.05, 0.1) is 42.8 Å². The number of methoxy groups -OCH3 is 1. The average Bonchev–Trinajstić information content (AvgIpc) is 3.15. The Balaban J connectivity index is 1.58. The van der Waals surface area contributed by atoms with Crippen molar-refractivity contribution in [2.45, 2.75) is 45.3 Å². The Bertz CT molecular complexity index is 1260. The lowest BCUT2D eigenvalue weighted by Gasteiger charge is -2.26. The van der Waals surface area contributed by atoms with E-state index in [0.717, 1.165) is 41.3 Å². The Hall–Kier alpha value is -2.46. The maximum Gasteiger partial charge on any atom is 0.243 e. The minimum atomic E-state index is -3.56. The highest BCUT2D eigenvalue weighted by Crippen LogP contribution is 2.26. The number of hydrogen-bond acceptors (Lipinski definition) is 6. The average molecular weight is 487 g/mol. The van der Waals surface area contributed by atoms with Crippen LogP contribution >= 0.6 is 0 Å². The van der Waals surface area contributed by atoms with Crippen LogP contribution in [0.3, 0.4) is 0 Å². The molecule has 2 aromatic carbocycles.